The Bertz CT molecular complexity index is 1090. The molecule has 0 radical (unpaired) electrons. The van der Waals surface area contributed by atoms with Gasteiger partial charge in [-0.2, -0.15) is 0 Å². The maximum Gasteiger partial charge on any atom is 0.408 e. The van der Waals surface area contributed by atoms with Gasteiger partial charge in [0.1, 0.15) is 17.4 Å². The van der Waals surface area contributed by atoms with E-state index in [9.17, 15) is 18.0 Å². The molecule has 1 atom stereocenters. The molecule has 1 heterocycles. The Balaban J connectivity index is 2.13. The molecule has 0 saturated heterocycles. The average Bonchev–Trinajstić information content (AvgIpc) is 3.10. The van der Waals surface area contributed by atoms with Crippen molar-refractivity contribution < 1.29 is 27.2 Å². The zero-order chi connectivity index (χ0) is 24.3. The topological polar surface area (TPSA) is 140 Å². The Labute approximate surface area is 188 Å². The monoisotopic (exact) mass is 466 g/mol. The number of ether oxygens (including phenoxy) is 1. The molecule has 0 aliphatic carbocycles. The third kappa shape index (κ3) is 7.04. The first-order chi connectivity index (χ1) is 14.7. The van der Waals surface area contributed by atoms with Gasteiger partial charge in [-0.05, 0) is 52.2 Å². The van der Waals surface area contributed by atoms with Crippen molar-refractivity contribution in [2.75, 3.05) is 11.1 Å². The number of aryl methyl sites for hydroxylation is 2. The standard InChI is InChI=1S/C21H30N4O6S/c1-12(2)17(23-19(27)31-21(5,6)7)18-24-25-20(30-18)32(28,29)11-16(26)22-15-9-8-13(3)10-14(15)4/h8-10,12,17H,11H2,1-7H3,(H,22,26)(H,23,27)/t17-/m1/s1. The number of hydrogen-bond acceptors (Lipinski definition) is 8. The fourth-order valence-electron chi connectivity index (χ4n) is 2.79. The number of aromatic nitrogens is 2. The Morgan fingerprint density at radius 1 is 1.16 bits per heavy atom. The van der Waals surface area contributed by atoms with Gasteiger partial charge >= 0.3 is 11.3 Å². The maximum atomic E-state index is 12.6. The first-order valence-electron chi connectivity index (χ1n) is 10.1. The van der Waals surface area contributed by atoms with Crippen molar-refractivity contribution >= 4 is 27.5 Å². The van der Waals surface area contributed by atoms with Crippen molar-refractivity contribution in [3.63, 3.8) is 0 Å². The van der Waals surface area contributed by atoms with E-state index in [0.717, 1.165) is 11.1 Å². The molecule has 2 aromatic rings. The first kappa shape index (κ1) is 25.3. The maximum absolute atomic E-state index is 12.6. The highest BCUT2D eigenvalue weighted by molar-refractivity contribution is 7.91. The Kier molecular flexibility index (Phi) is 7.66. The van der Waals surface area contributed by atoms with E-state index in [1.165, 1.54) is 0 Å². The van der Waals surface area contributed by atoms with Crippen molar-refractivity contribution in [2.45, 2.75) is 65.3 Å². The van der Waals surface area contributed by atoms with Gasteiger partial charge in [-0.1, -0.05) is 36.6 Å². The molecule has 0 saturated carbocycles. The lowest BCUT2D eigenvalue weighted by Gasteiger charge is -2.23. The number of anilines is 1. The van der Waals surface area contributed by atoms with Crippen molar-refractivity contribution in [1.29, 1.82) is 0 Å². The molecule has 11 heteroatoms. The second kappa shape index (κ2) is 9.68. The van der Waals surface area contributed by atoms with Crippen LogP contribution in [0.1, 0.15) is 57.7 Å². The lowest BCUT2D eigenvalue weighted by Crippen LogP contribution is -2.37. The van der Waals surface area contributed by atoms with Crippen LogP contribution in [0.15, 0.2) is 27.8 Å². The van der Waals surface area contributed by atoms with Crippen molar-refractivity contribution in [2.24, 2.45) is 5.92 Å². The van der Waals surface area contributed by atoms with Crippen LogP contribution < -0.4 is 10.6 Å². The summed E-state index contributed by atoms with van der Waals surface area (Å²) in [4.78, 5) is 24.4. The van der Waals surface area contributed by atoms with E-state index >= 15 is 0 Å². The predicted molar refractivity (Wildman–Crippen MR) is 118 cm³/mol. The number of amides is 2. The number of hydrogen-bond donors (Lipinski definition) is 2. The van der Waals surface area contributed by atoms with Crippen LogP contribution in [0.5, 0.6) is 0 Å². The first-order valence-corrected chi connectivity index (χ1v) is 11.8. The van der Waals surface area contributed by atoms with E-state index in [1.807, 2.05) is 26.0 Å². The van der Waals surface area contributed by atoms with Crippen molar-refractivity contribution in [1.82, 2.24) is 15.5 Å². The lowest BCUT2D eigenvalue weighted by molar-refractivity contribution is -0.113. The van der Waals surface area contributed by atoms with Gasteiger partial charge in [0.15, 0.2) is 0 Å². The summed E-state index contributed by atoms with van der Waals surface area (Å²) in [6.45, 7) is 12.5. The zero-order valence-electron chi connectivity index (χ0n) is 19.3. The van der Waals surface area contributed by atoms with E-state index < -0.39 is 44.5 Å². The molecule has 0 aliphatic heterocycles. The fraction of sp³-hybridized carbons (Fsp3) is 0.524. The van der Waals surface area contributed by atoms with Crippen molar-refractivity contribution in [3.8, 4) is 0 Å². The molecule has 1 aromatic heterocycles. The summed E-state index contributed by atoms with van der Waals surface area (Å²) >= 11 is 0. The minimum absolute atomic E-state index is 0.0979. The molecule has 10 nitrogen and oxygen atoms in total. The number of sulfone groups is 1. The number of alkyl carbamates (subject to hydrolysis) is 1. The zero-order valence-corrected chi connectivity index (χ0v) is 20.2. The quantitative estimate of drug-likeness (QED) is 0.633. The van der Waals surface area contributed by atoms with E-state index in [0.29, 0.717) is 5.69 Å². The largest absolute Gasteiger partial charge is 0.444 e. The normalized spacial score (nSPS) is 13.0. The summed E-state index contributed by atoms with van der Waals surface area (Å²) in [7, 11) is -4.19. The number of carbonyl (C=O) groups excluding carboxylic acids is 2. The van der Waals surface area contributed by atoms with Crippen LogP contribution in [0.4, 0.5) is 10.5 Å². The molecule has 32 heavy (non-hydrogen) atoms. The summed E-state index contributed by atoms with van der Waals surface area (Å²) in [5, 5.41) is 11.8. The second-order valence-electron chi connectivity index (χ2n) is 8.90. The molecule has 0 aliphatic rings. The van der Waals surface area contributed by atoms with Gasteiger partial charge in [0.25, 0.3) is 0 Å². The highest BCUT2D eigenvalue weighted by Gasteiger charge is 2.31. The third-order valence-corrected chi connectivity index (χ3v) is 5.61. The molecule has 2 N–H and O–H groups in total. The number of nitrogens with zero attached hydrogens (tertiary/aromatic N) is 2. The summed E-state index contributed by atoms with van der Waals surface area (Å²) in [6, 6.07) is 4.61. The molecule has 0 bridgehead atoms. The third-order valence-electron chi connectivity index (χ3n) is 4.27. The van der Waals surface area contributed by atoms with Gasteiger partial charge in [0.2, 0.25) is 21.6 Å². The fourth-order valence-corrected chi connectivity index (χ4v) is 3.71. The van der Waals surface area contributed by atoms with Crippen LogP contribution >= 0.6 is 0 Å². The molecule has 0 unspecified atom stereocenters. The van der Waals surface area contributed by atoms with Crippen LogP contribution in [-0.4, -0.2) is 42.0 Å². The number of rotatable bonds is 7. The Morgan fingerprint density at radius 3 is 2.38 bits per heavy atom. The summed E-state index contributed by atoms with van der Waals surface area (Å²) in [6.07, 6.45) is -0.702. The lowest BCUT2D eigenvalue weighted by atomic mass is 10.1. The smallest absolute Gasteiger partial charge is 0.408 e. The molecule has 2 amide bonds. The molecule has 0 spiro atoms. The molecule has 0 fully saturated rings. The van der Waals surface area contributed by atoms with Crippen LogP contribution in [0.25, 0.3) is 0 Å². The van der Waals surface area contributed by atoms with Gasteiger partial charge in [-0.3, -0.25) is 4.79 Å². The highest BCUT2D eigenvalue weighted by Crippen LogP contribution is 2.23. The SMILES string of the molecule is Cc1ccc(NC(=O)CS(=O)(=O)c2nnc([C@H](NC(=O)OC(C)(C)C)C(C)C)o2)c(C)c1. The number of carbonyl (C=O) groups is 2. The number of nitrogens with one attached hydrogen (secondary N) is 2. The minimum atomic E-state index is -4.19. The van der Waals surface area contributed by atoms with Gasteiger partial charge in [0.05, 0.1) is 0 Å². The van der Waals surface area contributed by atoms with E-state index in [1.54, 1.807) is 40.7 Å². The van der Waals surface area contributed by atoms with E-state index in [-0.39, 0.29) is 11.8 Å². The predicted octanol–water partition coefficient (Wildman–Crippen LogP) is 3.32. The second-order valence-corrected chi connectivity index (χ2v) is 10.8. The van der Waals surface area contributed by atoms with Crippen molar-refractivity contribution in [3.05, 3.63) is 35.2 Å². The van der Waals surface area contributed by atoms with E-state index in [2.05, 4.69) is 20.8 Å². The van der Waals surface area contributed by atoms with E-state index in [4.69, 9.17) is 9.15 Å². The van der Waals surface area contributed by atoms with Crippen LogP contribution in [0.2, 0.25) is 0 Å². The molecular weight excluding hydrogens is 436 g/mol. The molecular formula is C21H30N4O6S. The average molecular weight is 467 g/mol. The summed E-state index contributed by atoms with van der Waals surface area (Å²) < 4.78 is 35.8. The Hall–Kier alpha value is -2.95. The molecule has 176 valence electrons. The van der Waals surface area contributed by atoms with Gasteiger partial charge in [-0.25, -0.2) is 13.2 Å². The summed E-state index contributed by atoms with van der Waals surface area (Å²) in [5.74, 6) is -1.90. The van der Waals surface area contributed by atoms with Gasteiger partial charge in [-0.15, -0.1) is 5.10 Å². The summed E-state index contributed by atoms with van der Waals surface area (Å²) in [5.41, 5.74) is 1.64. The molecule has 2 rings (SSSR count). The van der Waals surface area contributed by atoms with Gasteiger partial charge in [0, 0.05) is 5.69 Å². The van der Waals surface area contributed by atoms with Crippen LogP contribution in [0.3, 0.4) is 0 Å². The highest BCUT2D eigenvalue weighted by atomic mass is 32.2. The van der Waals surface area contributed by atoms with Gasteiger partial charge < -0.3 is 19.8 Å². The van der Waals surface area contributed by atoms with Crippen LogP contribution in [-0.2, 0) is 19.4 Å². The Morgan fingerprint density at radius 2 is 1.81 bits per heavy atom. The number of benzene rings is 1. The minimum Gasteiger partial charge on any atom is -0.444 e. The van der Waals surface area contributed by atoms with Crippen LogP contribution in [0, 0.1) is 19.8 Å². The molecule has 1 aromatic carbocycles.